The van der Waals surface area contributed by atoms with Gasteiger partial charge in [-0.3, -0.25) is 14.6 Å². The van der Waals surface area contributed by atoms with E-state index in [1.165, 1.54) is 0 Å². The van der Waals surface area contributed by atoms with Crippen molar-refractivity contribution in [1.82, 2.24) is 15.6 Å². The Balaban J connectivity index is 1.64. The molecule has 5 heteroatoms. The van der Waals surface area contributed by atoms with Crippen LogP contribution in [0.3, 0.4) is 0 Å². The van der Waals surface area contributed by atoms with E-state index < -0.39 is 6.04 Å². The van der Waals surface area contributed by atoms with Crippen molar-refractivity contribution in [3.8, 4) is 0 Å². The van der Waals surface area contributed by atoms with Gasteiger partial charge in [0.15, 0.2) is 0 Å². The van der Waals surface area contributed by atoms with Crippen molar-refractivity contribution < 1.29 is 9.59 Å². The summed E-state index contributed by atoms with van der Waals surface area (Å²) in [4.78, 5) is 29.4. The van der Waals surface area contributed by atoms with Crippen LogP contribution in [0.25, 0.3) is 10.8 Å². The summed E-state index contributed by atoms with van der Waals surface area (Å²) < 4.78 is 0. The van der Waals surface area contributed by atoms with E-state index in [4.69, 9.17) is 0 Å². The Hall–Kier alpha value is -3.21. The first-order valence-electron chi connectivity index (χ1n) is 9.48. The molecule has 2 amide bonds. The smallest absolute Gasteiger partial charge is 0.243 e. The normalized spacial score (nSPS) is 12.0. The summed E-state index contributed by atoms with van der Waals surface area (Å²) in [6.07, 6.45) is 1.92. The van der Waals surface area contributed by atoms with Crippen molar-refractivity contribution in [3.63, 3.8) is 0 Å². The molecule has 0 saturated heterocycles. The van der Waals surface area contributed by atoms with E-state index in [-0.39, 0.29) is 24.2 Å². The summed E-state index contributed by atoms with van der Waals surface area (Å²) in [6.45, 7) is 4.18. The summed E-state index contributed by atoms with van der Waals surface area (Å²) in [7, 11) is 0. The minimum atomic E-state index is -0.591. The van der Waals surface area contributed by atoms with Gasteiger partial charge in [0, 0.05) is 6.20 Å². The SMILES string of the molecule is CC(C)C(NC(=O)Cc1cccc2ccccc12)C(=O)NCc1ccccn1. The molecule has 144 valence electrons. The van der Waals surface area contributed by atoms with Crippen molar-refractivity contribution in [3.05, 3.63) is 78.1 Å². The van der Waals surface area contributed by atoms with E-state index in [2.05, 4.69) is 15.6 Å². The van der Waals surface area contributed by atoms with Gasteiger partial charge in [-0.05, 0) is 34.4 Å². The number of pyridine rings is 1. The van der Waals surface area contributed by atoms with Gasteiger partial charge < -0.3 is 10.6 Å². The summed E-state index contributed by atoms with van der Waals surface area (Å²) in [5, 5.41) is 7.91. The maximum absolute atomic E-state index is 12.6. The molecule has 2 N–H and O–H groups in total. The molecule has 0 aliphatic carbocycles. The van der Waals surface area contributed by atoms with Crippen LogP contribution in [0.15, 0.2) is 66.9 Å². The maximum atomic E-state index is 12.6. The van der Waals surface area contributed by atoms with E-state index in [1.807, 2.05) is 74.5 Å². The Bertz CT molecular complexity index is 949. The van der Waals surface area contributed by atoms with Gasteiger partial charge in [-0.2, -0.15) is 0 Å². The zero-order chi connectivity index (χ0) is 19.9. The topological polar surface area (TPSA) is 71.1 Å². The molecule has 5 nitrogen and oxygen atoms in total. The molecule has 0 saturated carbocycles. The number of carbonyl (C=O) groups excluding carboxylic acids is 2. The second kappa shape index (κ2) is 9.13. The molecule has 1 unspecified atom stereocenters. The Morgan fingerprint density at radius 1 is 0.964 bits per heavy atom. The lowest BCUT2D eigenvalue weighted by atomic mass is 10.0. The fourth-order valence-electron chi connectivity index (χ4n) is 3.17. The molecule has 0 bridgehead atoms. The van der Waals surface area contributed by atoms with Gasteiger partial charge >= 0.3 is 0 Å². The summed E-state index contributed by atoms with van der Waals surface area (Å²) >= 11 is 0. The molecule has 3 rings (SSSR count). The second-order valence-corrected chi connectivity index (χ2v) is 7.14. The Morgan fingerprint density at radius 2 is 1.71 bits per heavy atom. The van der Waals surface area contributed by atoms with Crippen LogP contribution in [0, 0.1) is 5.92 Å². The van der Waals surface area contributed by atoms with Gasteiger partial charge in [0.2, 0.25) is 11.8 Å². The van der Waals surface area contributed by atoms with Gasteiger partial charge in [-0.25, -0.2) is 0 Å². The van der Waals surface area contributed by atoms with Crippen LogP contribution in [0.1, 0.15) is 25.1 Å². The third kappa shape index (κ3) is 4.94. The van der Waals surface area contributed by atoms with Crippen molar-refractivity contribution in [2.75, 3.05) is 0 Å². The first kappa shape index (κ1) is 19.5. The van der Waals surface area contributed by atoms with Crippen molar-refractivity contribution >= 4 is 22.6 Å². The minimum absolute atomic E-state index is 0.0276. The lowest BCUT2D eigenvalue weighted by molar-refractivity contribution is -0.129. The van der Waals surface area contributed by atoms with Crippen LogP contribution in [0.2, 0.25) is 0 Å². The number of benzene rings is 2. The molecule has 1 aromatic heterocycles. The van der Waals surface area contributed by atoms with Crippen LogP contribution < -0.4 is 10.6 Å². The van der Waals surface area contributed by atoms with Crippen LogP contribution in [-0.4, -0.2) is 22.8 Å². The molecule has 0 radical (unpaired) electrons. The number of fused-ring (bicyclic) bond motifs is 1. The number of amides is 2. The maximum Gasteiger partial charge on any atom is 0.243 e. The Kier molecular flexibility index (Phi) is 6.37. The quantitative estimate of drug-likeness (QED) is 0.666. The highest BCUT2D eigenvalue weighted by Gasteiger charge is 2.24. The molecule has 28 heavy (non-hydrogen) atoms. The molecular weight excluding hydrogens is 350 g/mol. The largest absolute Gasteiger partial charge is 0.349 e. The number of hydrogen-bond acceptors (Lipinski definition) is 3. The third-order valence-corrected chi connectivity index (χ3v) is 4.67. The number of rotatable bonds is 7. The molecule has 2 aromatic carbocycles. The first-order valence-corrected chi connectivity index (χ1v) is 9.48. The monoisotopic (exact) mass is 375 g/mol. The summed E-state index contributed by atoms with van der Waals surface area (Å²) in [5.41, 5.74) is 1.73. The zero-order valence-corrected chi connectivity index (χ0v) is 16.2. The number of nitrogens with one attached hydrogen (secondary N) is 2. The Labute approximate surface area is 165 Å². The van der Waals surface area contributed by atoms with E-state index >= 15 is 0 Å². The lowest BCUT2D eigenvalue weighted by Crippen LogP contribution is -2.50. The molecular formula is C23H25N3O2. The summed E-state index contributed by atoms with van der Waals surface area (Å²) in [5.74, 6) is -0.393. The highest BCUT2D eigenvalue weighted by molar-refractivity contribution is 5.92. The van der Waals surface area contributed by atoms with Crippen LogP contribution in [-0.2, 0) is 22.6 Å². The standard InChI is InChI=1S/C23H25N3O2/c1-16(2)22(23(28)25-15-19-11-5-6-13-24-19)26-21(27)14-18-10-7-9-17-8-3-4-12-20(17)18/h3-13,16,22H,14-15H2,1-2H3,(H,25,28)(H,26,27). The third-order valence-electron chi connectivity index (χ3n) is 4.67. The molecule has 3 aromatic rings. The van der Waals surface area contributed by atoms with E-state index in [9.17, 15) is 9.59 Å². The molecule has 0 fully saturated rings. The zero-order valence-electron chi connectivity index (χ0n) is 16.2. The minimum Gasteiger partial charge on any atom is -0.349 e. The van der Waals surface area contributed by atoms with Gasteiger partial charge in [0.1, 0.15) is 6.04 Å². The molecule has 0 aliphatic rings. The lowest BCUT2D eigenvalue weighted by Gasteiger charge is -2.22. The number of nitrogens with zero attached hydrogens (tertiary/aromatic N) is 1. The van der Waals surface area contributed by atoms with Crippen LogP contribution in [0.4, 0.5) is 0 Å². The van der Waals surface area contributed by atoms with E-state index in [0.29, 0.717) is 6.54 Å². The van der Waals surface area contributed by atoms with Crippen LogP contribution in [0.5, 0.6) is 0 Å². The van der Waals surface area contributed by atoms with Gasteiger partial charge in [0.05, 0.1) is 18.7 Å². The van der Waals surface area contributed by atoms with Crippen LogP contribution >= 0.6 is 0 Å². The number of hydrogen-bond donors (Lipinski definition) is 2. The van der Waals surface area contributed by atoms with Gasteiger partial charge in [-0.1, -0.05) is 62.4 Å². The van der Waals surface area contributed by atoms with Crippen molar-refractivity contribution in [2.24, 2.45) is 5.92 Å². The number of aromatic nitrogens is 1. The fraction of sp³-hybridized carbons (Fsp3) is 0.261. The fourth-order valence-corrected chi connectivity index (χ4v) is 3.17. The summed E-state index contributed by atoms with van der Waals surface area (Å²) in [6, 6.07) is 18.9. The molecule has 1 heterocycles. The van der Waals surface area contributed by atoms with Gasteiger partial charge in [0.25, 0.3) is 0 Å². The Morgan fingerprint density at radius 3 is 2.46 bits per heavy atom. The molecule has 1 atom stereocenters. The predicted molar refractivity (Wildman–Crippen MR) is 111 cm³/mol. The van der Waals surface area contributed by atoms with Crippen molar-refractivity contribution in [2.45, 2.75) is 32.9 Å². The first-order chi connectivity index (χ1) is 13.5. The number of carbonyl (C=O) groups is 2. The predicted octanol–water partition coefficient (Wildman–Crippen LogP) is 3.23. The second-order valence-electron chi connectivity index (χ2n) is 7.14. The average molecular weight is 375 g/mol. The van der Waals surface area contributed by atoms with E-state index in [0.717, 1.165) is 22.0 Å². The molecule has 0 aliphatic heterocycles. The molecule has 0 spiro atoms. The highest BCUT2D eigenvalue weighted by atomic mass is 16.2. The van der Waals surface area contributed by atoms with E-state index in [1.54, 1.807) is 6.20 Å². The average Bonchev–Trinajstić information content (AvgIpc) is 2.71. The highest BCUT2D eigenvalue weighted by Crippen LogP contribution is 2.19. The van der Waals surface area contributed by atoms with Crippen molar-refractivity contribution in [1.29, 1.82) is 0 Å². The van der Waals surface area contributed by atoms with Gasteiger partial charge in [-0.15, -0.1) is 0 Å².